The van der Waals surface area contributed by atoms with Crippen molar-refractivity contribution in [3.8, 4) is 0 Å². The largest absolute Gasteiger partial charge is 0.469 e. The SMILES string of the molecule is COC(=O)CCC(=O)NCC(=O)C(C)(C)C. The number of amides is 1. The molecule has 0 radical (unpaired) electrons. The number of ether oxygens (including phenoxy) is 1. The normalized spacial score (nSPS) is 10.8. The second kappa shape index (κ2) is 6.25. The molecule has 5 nitrogen and oxygen atoms in total. The maximum absolute atomic E-state index is 11.5. The minimum Gasteiger partial charge on any atom is -0.469 e. The van der Waals surface area contributed by atoms with Crippen LogP contribution >= 0.6 is 0 Å². The Labute approximate surface area is 95.5 Å². The van der Waals surface area contributed by atoms with Gasteiger partial charge in [-0.05, 0) is 0 Å². The van der Waals surface area contributed by atoms with Crippen molar-refractivity contribution in [2.24, 2.45) is 5.41 Å². The van der Waals surface area contributed by atoms with E-state index in [0.717, 1.165) is 0 Å². The first-order valence-electron chi connectivity index (χ1n) is 5.14. The summed E-state index contributed by atoms with van der Waals surface area (Å²) in [5, 5.41) is 2.47. The van der Waals surface area contributed by atoms with Crippen LogP contribution in [0.4, 0.5) is 0 Å². The molecule has 0 spiro atoms. The van der Waals surface area contributed by atoms with Gasteiger partial charge in [0.25, 0.3) is 0 Å². The predicted molar refractivity (Wildman–Crippen MR) is 58.7 cm³/mol. The summed E-state index contributed by atoms with van der Waals surface area (Å²) >= 11 is 0. The lowest BCUT2D eigenvalue weighted by atomic mass is 9.91. The highest BCUT2D eigenvalue weighted by atomic mass is 16.5. The van der Waals surface area contributed by atoms with Crippen LogP contribution in [0, 0.1) is 5.41 Å². The molecule has 0 aliphatic carbocycles. The third-order valence-electron chi connectivity index (χ3n) is 2.07. The van der Waals surface area contributed by atoms with Gasteiger partial charge in [0.1, 0.15) is 0 Å². The Bertz CT molecular complexity index is 278. The van der Waals surface area contributed by atoms with Gasteiger partial charge in [-0.3, -0.25) is 14.4 Å². The summed E-state index contributed by atoms with van der Waals surface area (Å²) in [4.78, 5) is 33.4. The highest BCUT2D eigenvalue weighted by molar-refractivity contribution is 5.90. The van der Waals surface area contributed by atoms with Crippen molar-refractivity contribution in [1.82, 2.24) is 5.32 Å². The summed E-state index contributed by atoms with van der Waals surface area (Å²) in [5.41, 5.74) is -0.463. The number of hydrogen-bond donors (Lipinski definition) is 1. The molecule has 0 saturated carbocycles. The zero-order chi connectivity index (χ0) is 12.8. The van der Waals surface area contributed by atoms with Gasteiger partial charge in [0, 0.05) is 11.8 Å². The summed E-state index contributed by atoms with van der Waals surface area (Å²) < 4.78 is 4.39. The standard InChI is InChI=1S/C11H19NO4/c1-11(2,3)8(13)7-12-9(14)5-6-10(15)16-4/h5-7H2,1-4H3,(H,12,14). The Morgan fingerprint density at radius 2 is 1.69 bits per heavy atom. The van der Waals surface area contributed by atoms with E-state index in [-0.39, 0.29) is 31.1 Å². The van der Waals surface area contributed by atoms with E-state index in [1.165, 1.54) is 7.11 Å². The van der Waals surface area contributed by atoms with Crippen molar-refractivity contribution in [3.63, 3.8) is 0 Å². The van der Waals surface area contributed by atoms with Gasteiger partial charge in [0.15, 0.2) is 5.78 Å². The first-order valence-corrected chi connectivity index (χ1v) is 5.14. The molecule has 0 rings (SSSR count). The quantitative estimate of drug-likeness (QED) is 0.703. The predicted octanol–water partition coefficient (Wildman–Crippen LogP) is 0.671. The molecule has 1 amide bonds. The molecular formula is C11H19NO4. The number of esters is 1. The van der Waals surface area contributed by atoms with Crippen molar-refractivity contribution < 1.29 is 19.1 Å². The minimum absolute atomic E-state index is 0.00348. The van der Waals surface area contributed by atoms with E-state index in [9.17, 15) is 14.4 Å². The van der Waals surface area contributed by atoms with Crippen LogP contribution in [0.1, 0.15) is 33.6 Å². The highest BCUT2D eigenvalue weighted by Gasteiger charge is 2.21. The summed E-state index contributed by atoms with van der Waals surface area (Å²) in [6.07, 6.45) is 0.0795. The van der Waals surface area contributed by atoms with Gasteiger partial charge in [-0.15, -0.1) is 0 Å². The van der Waals surface area contributed by atoms with E-state index in [4.69, 9.17) is 0 Å². The molecule has 1 N–H and O–H groups in total. The number of rotatable bonds is 5. The van der Waals surface area contributed by atoms with Crippen LogP contribution in [0.2, 0.25) is 0 Å². The lowest BCUT2D eigenvalue weighted by Crippen LogP contribution is -2.35. The molecule has 16 heavy (non-hydrogen) atoms. The van der Waals surface area contributed by atoms with Gasteiger partial charge in [0.05, 0.1) is 20.1 Å². The van der Waals surface area contributed by atoms with Crippen LogP contribution in [0.5, 0.6) is 0 Å². The van der Waals surface area contributed by atoms with E-state index in [2.05, 4.69) is 10.1 Å². The lowest BCUT2D eigenvalue weighted by Gasteiger charge is -2.16. The molecule has 0 unspecified atom stereocenters. The third kappa shape index (κ3) is 6.16. The molecule has 92 valence electrons. The van der Waals surface area contributed by atoms with Crippen LogP contribution < -0.4 is 5.32 Å². The van der Waals surface area contributed by atoms with E-state index < -0.39 is 11.4 Å². The first kappa shape index (κ1) is 14.6. The Kier molecular flexibility index (Phi) is 5.71. The summed E-state index contributed by atoms with van der Waals surface area (Å²) in [7, 11) is 1.27. The lowest BCUT2D eigenvalue weighted by molar-refractivity contribution is -0.142. The van der Waals surface area contributed by atoms with Gasteiger partial charge < -0.3 is 10.1 Å². The van der Waals surface area contributed by atoms with Gasteiger partial charge >= 0.3 is 5.97 Å². The molecule has 0 aromatic carbocycles. The van der Waals surface area contributed by atoms with Gasteiger partial charge in [-0.2, -0.15) is 0 Å². The summed E-state index contributed by atoms with van der Waals surface area (Å²) in [6.45, 7) is 5.37. The van der Waals surface area contributed by atoms with E-state index in [1.54, 1.807) is 20.8 Å². The maximum Gasteiger partial charge on any atom is 0.306 e. The molecule has 0 fully saturated rings. The second-order valence-electron chi connectivity index (χ2n) is 4.53. The molecule has 5 heteroatoms. The number of hydrogen-bond acceptors (Lipinski definition) is 4. The third-order valence-corrected chi connectivity index (χ3v) is 2.07. The Hall–Kier alpha value is -1.39. The van der Waals surface area contributed by atoms with Gasteiger partial charge in [-0.1, -0.05) is 20.8 Å². The van der Waals surface area contributed by atoms with Crippen molar-refractivity contribution in [3.05, 3.63) is 0 Å². The fraction of sp³-hybridized carbons (Fsp3) is 0.727. The smallest absolute Gasteiger partial charge is 0.306 e. The molecule has 0 atom stereocenters. The first-order chi connectivity index (χ1) is 7.27. The molecule has 0 saturated heterocycles. The molecule has 0 bridgehead atoms. The highest BCUT2D eigenvalue weighted by Crippen LogP contribution is 2.13. The zero-order valence-corrected chi connectivity index (χ0v) is 10.3. The van der Waals surface area contributed by atoms with Crippen molar-refractivity contribution in [1.29, 1.82) is 0 Å². The number of carbonyl (C=O) groups is 3. The van der Waals surface area contributed by atoms with Gasteiger partial charge in [0.2, 0.25) is 5.91 Å². The monoisotopic (exact) mass is 229 g/mol. The van der Waals surface area contributed by atoms with E-state index >= 15 is 0 Å². The van der Waals surface area contributed by atoms with Crippen LogP contribution in [0.3, 0.4) is 0 Å². The second-order valence-corrected chi connectivity index (χ2v) is 4.53. The maximum atomic E-state index is 11.5. The zero-order valence-electron chi connectivity index (χ0n) is 10.3. The number of nitrogens with one attached hydrogen (secondary N) is 1. The van der Waals surface area contributed by atoms with Crippen molar-refractivity contribution >= 4 is 17.7 Å². The van der Waals surface area contributed by atoms with E-state index in [1.807, 2.05) is 0 Å². The van der Waals surface area contributed by atoms with Crippen LogP contribution in [0.15, 0.2) is 0 Å². The molecule has 0 aromatic heterocycles. The Balaban J connectivity index is 3.83. The Morgan fingerprint density at radius 1 is 1.12 bits per heavy atom. The number of methoxy groups -OCH3 is 1. The minimum atomic E-state index is -0.463. The summed E-state index contributed by atoms with van der Waals surface area (Å²) in [6, 6.07) is 0. The molecule has 0 aliphatic rings. The molecule has 0 aromatic rings. The molecular weight excluding hydrogens is 210 g/mol. The number of ketones is 1. The fourth-order valence-electron chi connectivity index (χ4n) is 0.850. The van der Waals surface area contributed by atoms with Gasteiger partial charge in [-0.25, -0.2) is 0 Å². The molecule has 0 aliphatic heterocycles. The fourth-order valence-corrected chi connectivity index (χ4v) is 0.850. The summed E-state index contributed by atoms with van der Waals surface area (Å²) in [5.74, 6) is -0.792. The van der Waals surface area contributed by atoms with E-state index in [0.29, 0.717) is 0 Å². The molecule has 0 heterocycles. The number of carbonyl (C=O) groups excluding carboxylic acids is 3. The van der Waals surface area contributed by atoms with Crippen LogP contribution in [-0.2, 0) is 19.1 Å². The van der Waals surface area contributed by atoms with Crippen molar-refractivity contribution in [2.75, 3.05) is 13.7 Å². The number of Topliss-reactive ketones (excluding diaryl/α,β-unsaturated/α-hetero) is 1. The van der Waals surface area contributed by atoms with Crippen LogP contribution in [0.25, 0.3) is 0 Å². The van der Waals surface area contributed by atoms with Crippen molar-refractivity contribution in [2.45, 2.75) is 33.6 Å². The van der Waals surface area contributed by atoms with Crippen LogP contribution in [-0.4, -0.2) is 31.3 Å². The average Bonchev–Trinajstić information content (AvgIpc) is 2.20. The Morgan fingerprint density at radius 3 is 2.12 bits per heavy atom. The topological polar surface area (TPSA) is 72.5 Å². The average molecular weight is 229 g/mol.